The lowest BCUT2D eigenvalue weighted by molar-refractivity contribution is -0.386. The molecule has 0 saturated carbocycles. The lowest BCUT2D eigenvalue weighted by Crippen LogP contribution is -2.24. The van der Waals surface area contributed by atoms with Gasteiger partial charge in [0, 0.05) is 5.02 Å². The molecule has 1 heterocycles. The van der Waals surface area contributed by atoms with Crippen molar-refractivity contribution in [2.75, 3.05) is 6.61 Å². The second-order valence-electron chi connectivity index (χ2n) is 7.41. The van der Waals surface area contributed by atoms with Gasteiger partial charge in [0.1, 0.15) is 24.5 Å². The number of nitrogens with zero attached hydrogens (tertiary/aromatic N) is 4. The molecule has 0 aliphatic rings. The zero-order valence-corrected chi connectivity index (χ0v) is 21.6. The van der Waals surface area contributed by atoms with Gasteiger partial charge in [-0.3, -0.25) is 19.6 Å². The Morgan fingerprint density at radius 2 is 2.00 bits per heavy atom. The molecule has 0 unspecified atom stereocenters. The van der Waals surface area contributed by atoms with Crippen LogP contribution < -0.4 is 14.9 Å². The van der Waals surface area contributed by atoms with Crippen LogP contribution in [0.15, 0.2) is 46.0 Å². The average Bonchev–Trinajstić information content (AvgIpc) is 3.07. The molecule has 0 radical (unpaired) electrons. The van der Waals surface area contributed by atoms with Crippen LogP contribution in [0.3, 0.4) is 0 Å². The summed E-state index contributed by atoms with van der Waals surface area (Å²) in [4.78, 5) is 22.9. The number of aryl methyl sites for hydroxylation is 1. The van der Waals surface area contributed by atoms with Crippen molar-refractivity contribution in [3.8, 4) is 11.5 Å². The van der Waals surface area contributed by atoms with Gasteiger partial charge in [-0.1, -0.05) is 23.7 Å². The van der Waals surface area contributed by atoms with E-state index < -0.39 is 10.8 Å². The van der Waals surface area contributed by atoms with Crippen molar-refractivity contribution < 1.29 is 19.2 Å². The van der Waals surface area contributed by atoms with Crippen LogP contribution in [0.2, 0.25) is 5.02 Å². The summed E-state index contributed by atoms with van der Waals surface area (Å²) in [5.41, 5.74) is 4.45. The molecule has 0 spiro atoms. The Bertz CT molecular complexity index is 1260. The molecule has 1 aromatic heterocycles. The van der Waals surface area contributed by atoms with E-state index >= 15 is 0 Å². The van der Waals surface area contributed by atoms with E-state index in [0.29, 0.717) is 45.5 Å². The number of aromatic nitrogens is 2. The van der Waals surface area contributed by atoms with Gasteiger partial charge in [-0.2, -0.15) is 10.2 Å². The molecule has 0 fully saturated rings. The molecule has 2 aromatic carbocycles. The summed E-state index contributed by atoms with van der Waals surface area (Å²) in [5.74, 6) is 0.571. The summed E-state index contributed by atoms with van der Waals surface area (Å²) >= 11 is 9.43. The normalized spacial score (nSPS) is 11.0. The largest absolute Gasteiger partial charge is 0.490 e. The third-order valence-corrected chi connectivity index (χ3v) is 5.69. The molecule has 10 nitrogen and oxygen atoms in total. The predicted molar refractivity (Wildman–Crippen MR) is 135 cm³/mol. The first-order chi connectivity index (χ1) is 16.7. The van der Waals surface area contributed by atoms with Crippen molar-refractivity contribution in [2.24, 2.45) is 5.10 Å². The Kier molecular flexibility index (Phi) is 8.83. The first-order valence-corrected chi connectivity index (χ1v) is 11.7. The van der Waals surface area contributed by atoms with E-state index in [1.165, 1.54) is 24.7 Å². The minimum atomic E-state index is -0.513. The van der Waals surface area contributed by atoms with Gasteiger partial charge in [-0.15, -0.1) is 0 Å². The number of hydrogen-bond donors (Lipinski definition) is 1. The SMILES string of the molecule is CCOc1cc(C=NNC(=O)Cn2nc(C)c([N+](=O)[O-])c2C)cc(Br)c1OCc1ccc(Cl)cc1. The van der Waals surface area contributed by atoms with Gasteiger partial charge in [-0.05, 0) is 72.1 Å². The second kappa shape index (κ2) is 11.8. The highest BCUT2D eigenvalue weighted by atomic mass is 79.9. The Balaban J connectivity index is 1.67. The quantitative estimate of drug-likeness (QED) is 0.211. The van der Waals surface area contributed by atoms with Gasteiger partial charge < -0.3 is 9.47 Å². The van der Waals surface area contributed by atoms with Crippen LogP contribution in [-0.4, -0.2) is 33.4 Å². The van der Waals surface area contributed by atoms with Crippen molar-refractivity contribution >= 4 is 45.3 Å². The fourth-order valence-electron chi connectivity index (χ4n) is 3.26. The average molecular weight is 565 g/mol. The van der Waals surface area contributed by atoms with Crippen LogP contribution in [-0.2, 0) is 17.9 Å². The molecule has 1 N–H and O–H groups in total. The molecule has 0 aliphatic carbocycles. The third kappa shape index (κ3) is 6.80. The van der Waals surface area contributed by atoms with Crippen LogP contribution in [0.4, 0.5) is 5.69 Å². The Morgan fingerprint density at radius 3 is 2.63 bits per heavy atom. The van der Waals surface area contributed by atoms with Crippen LogP contribution >= 0.6 is 27.5 Å². The molecule has 0 atom stereocenters. The molecular formula is C23H23BrClN5O5. The van der Waals surface area contributed by atoms with Gasteiger partial charge in [0.2, 0.25) is 0 Å². The van der Waals surface area contributed by atoms with Crippen LogP contribution in [0.1, 0.15) is 29.4 Å². The lowest BCUT2D eigenvalue weighted by Gasteiger charge is -2.14. The molecule has 0 saturated heterocycles. The Labute approximate surface area is 215 Å². The first-order valence-electron chi connectivity index (χ1n) is 10.5. The fraction of sp³-hybridized carbons (Fsp3) is 0.261. The van der Waals surface area contributed by atoms with Gasteiger partial charge >= 0.3 is 5.69 Å². The highest BCUT2D eigenvalue weighted by Gasteiger charge is 2.22. The molecule has 3 aromatic rings. The Hall–Kier alpha value is -3.44. The number of rotatable bonds is 10. The molecule has 0 aliphatic heterocycles. The summed E-state index contributed by atoms with van der Waals surface area (Å²) in [6, 6.07) is 10.9. The van der Waals surface area contributed by atoms with Crippen molar-refractivity contribution in [3.63, 3.8) is 0 Å². The molecule has 184 valence electrons. The summed E-state index contributed by atoms with van der Waals surface area (Å²) in [7, 11) is 0. The van der Waals surface area contributed by atoms with Gasteiger partial charge in [-0.25, -0.2) is 5.43 Å². The smallest absolute Gasteiger partial charge is 0.312 e. The number of ether oxygens (including phenoxy) is 2. The maximum absolute atomic E-state index is 12.3. The molecule has 1 amide bonds. The van der Waals surface area contributed by atoms with Crippen molar-refractivity contribution in [2.45, 2.75) is 33.9 Å². The summed E-state index contributed by atoms with van der Waals surface area (Å²) in [6.07, 6.45) is 1.46. The lowest BCUT2D eigenvalue weighted by atomic mass is 10.2. The summed E-state index contributed by atoms with van der Waals surface area (Å²) < 4.78 is 13.6. The minimum Gasteiger partial charge on any atom is -0.490 e. The standard InChI is InChI=1S/C23H23BrClN5O5/c1-4-34-20-10-17(9-19(24)23(20)35-13-16-5-7-18(25)8-6-16)11-26-27-21(31)12-29-15(3)22(30(32)33)14(2)28-29/h5-11H,4,12-13H2,1-3H3,(H,27,31). The van der Waals surface area contributed by atoms with E-state index in [0.717, 1.165) is 5.56 Å². The van der Waals surface area contributed by atoms with E-state index in [-0.39, 0.29) is 17.9 Å². The predicted octanol–water partition coefficient (Wildman–Crippen LogP) is 4.95. The highest BCUT2D eigenvalue weighted by molar-refractivity contribution is 9.10. The van der Waals surface area contributed by atoms with Crippen molar-refractivity contribution in [3.05, 3.63) is 78.5 Å². The maximum Gasteiger partial charge on any atom is 0.312 e. The minimum absolute atomic E-state index is 0.104. The molecule has 3 rings (SSSR count). The monoisotopic (exact) mass is 563 g/mol. The van der Waals surface area contributed by atoms with E-state index in [4.69, 9.17) is 21.1 Å². The number of hydrazone groups is 1. The number of hydrogen-bond acceptors (Lipinski definition) is 7. The molecule has 35 heavy (non-hydrogen) atoms. The number of carbonyl (C=O) groups is 1. The zero-order chi connectivity index (χ0) is 25.5. The molecule has 0 bridgehead atoms. The van der Waals surface area contributed by atoms with Gasteiger partial charge in [0.25, 0.3) is 5.91 Å². The maximum atomic E-state index is 12.3. The fourth-order valence-corrected chi connectivity index (χ4v) is 3.96. The molecular weight excluding hydrogens is 542 g/mol. The van der Waals surface area contributed by atoms with Gasteiger partial charge in [0.05, 0.1) is 22.2 Å². The van der Waals surface area contributed by atoms with E-state index in [1.54, 1.807) is 24.3 Å². The molecule has 12 heteroatoms. The summed E-state index contributed by atoms with van der Waals surface area (Å²) in [5, 5.41) is 19.8. The van der Waals surface area contributed by atoms with Crippen LogP contribution in [0.5, 0.6) is 11.5 Å². The third-order valence-electron chi connectivity index (χ3n) is 4.85. The number of nitrogens with one attached hydrogen (secondary N) is 1. The summed E-state index contributed by atoms with van der Waals surface area (Å²) in [6.45, 7) is 5.47. The van der Waals surface area contributed by atoms with Crippen LogP contribution in [0, 0.1) is 24.0 Å². The topological polar surface area (TPSA) is 121 Å². The number of nitro groups is 1. The van der Waals surface area contributed by atoms with Crippen LogP contribution in [0.25, 0.3) is 0 Å². The van der Waals surface area contributed by atoms with E-state index in [9.17, 15) is 14.9 Å². The number of halogens is 2. The zero-order valence-electron chi connectivity index (χ0n) is 19.2. The first kappa shape index (κ1) is 26.2. The number of amides is 1. The van der Waals surface area contributed by atoms with Gasteiger partial charge in [0.15, 0.2) is 11.5 Å². The van der Waals surface area contributed by atoms with E-state index in [1.807, 2.05) is 19.1 Å². The number of carbonyl (C=O) groups excluding carboxylic acids is 1. The Morgan fingerprint density at radius 1 is 1.29 bits per heavy atom. The van der Waals surface area contributed by atoms with Crippen molar-refractivity contribution in [1.82, 2.24) is 15.2 Å². The second-order valence-corrected chi connectivity index (χ2v) is 8.70. The number of benzene rings is 2. The highest BCUT2D eigenvalue weighted by Crippen LogP contribution is 2.37. The van der Waals surface area contributed by atoms with Crippen molar-refractivity contribution in [1.29, 1.82) is 0 Å². The van der Waals surface area contributed by atoms with E-state index in [2.05, 4.69) is 31.6 Å².